The second kappa shape index (κ2) is 9.39. The van der Waals surface area contributed by atoms with Crippen molar-refractivity contribution in [3.8, 4) is 0 Å². The van der Waals surface area contributed by atoms with Gasteiger partial charge in [-0.15, -0.1) is 0 Å². The number of amides is 1. The van der Waals surface area contributed by atoms with Gasteiger partial charge in [-0.1, -0.05) is 6.92 Å². The Morgan fingerprint density at radius 3 is 2.53 bits per heavy atom. The normalized spacial score (nSPS) is 10.2. The summed E-state index contributed by atoms with van der Waals surface area (Å²) in [6, 6.07) is 7.58. The summed E-state index contributed by atoms with van der Waals surface area (Å²) >= 11 is 0. The molecule has 0 aromatic heterocycles. The molecule has 1 amide bonds. The van der Waals surface area contributed by atoms with E-state index in [0.717, 1.165) is 38.1 Å². The van der Waals surface area contributed by atoms with Gasteiger partial charge in [0.2, 0.25) is 0 Å². The van der Waals surface area contributed by atoms with E-state index in [2.05, 4.69) is 17.6 Å². The number of unbranched alkanes of at least 4 members (excludes halogenated alkanes) is 1. The van der Waals surface area contributed by atoms with Crippen LogP contribution in [0.1, 0.15) is 36.5 Å². The van der Waals surface area contributed by atoms with E-state index in [1.165, 1.54) is 0 Å². The van der Waals surface area contributed by atoms with E-state index < -0.39 is 0 Å². The highest BCUT2D eigenvalue weighted by Gasteiger charge is 2.04. The SMILES string of the molecule is CCCNc1ccc(C(=O)NCCCCOC)cc1. The summed E-state index contributed by atoms with van der Waals surface area (Å²) in [5.74, 6) is -0.0144. The third kappa shape index (κ3) is 6.25. The average Bonchev–Trinajstić information content (AvgIpc) is 2.45. The van der Waals surface area contributed by atoms with E-state index in [1.807, 2.05) is 24.3 Å². The maximum absolute atomic E-state index is 11.8. The Labute approximate surface area is 115 Å². The molecule has 0 aliphatic rings. The summed E-state index contributed by atoms with van der Waals surface area (Å²) in [5, 5.41) is 6.19. The fourth-order valence-electron chi connectivity index (χ4n) is 1.68. The number of carbonyl (C=O) groups is 1. The Hall–Kier alpha value is -1.55. The number of rotatable bonds is 9. The van der Waals surface area contributed by atoms with Crippen molar-refractivity contribution >= 4 is 11.6 Å². The van der Waals surface area contributed by atoms with Crippen molar-refractivity contribution in [2.45, 2.75) is 26.2 Å². The van der Waals surface area contributed by atoms with Gasteiger partial charge < -0.3 is 15.4 Å². The molecule has 0 fully saturated rings. The minimum absolute atomic E-state index is 0.0144. The first-order valence-corrected chi connectivity index (χ1v) is 6.89. The number of hydrogen-bond donors (Lipinski definition) is 2. The number of methoxy groups -OCH3 is 1. The molecule has 0 spiro atoms. The van der Waals surface area contributed by atoms with Crippen LogP contribution in [0, 0.1) is 0 Å². The monoisotopic (exact) mass is 264 g/mol. The smallest absolute Gasteiger partial charge is 0.251 e. The topological polar surface area (TPSA) is 50.4 Å². The summed E-state index contributed by atoms with van der Waals surface area (Å²) in [4.78, 5) is 11.8. The maximum atomic E-state index is 11.8. The van der Waals surface area contributed by atoms with Crippen molar-refractivity contribution < 1.29 is 9.53 Å². The van der Waals surface area contributed by atoms with Gasteiger partial charge in [-0.3, -0.25) is 4.79 Å². The Morgan fingerprint density at radius 1 is 1.16 bits per heavy atom. The average molecular weight is 264 g/mol. The third-order valence-corrected chi connectivity index (χ3v) is 2.79. The zero-order valence-electron chi connectivity index (χ0n) is 11.9. The third-order valence-electron chi connectivity index (χ3n) is 2.79. The Kier molecular flexibility index (Phi) is 7.66. The lowest BCUT2D eigenvalue weighted by molar-refractivity contribution is 0.0951. The van der Waals surface area contributed by atoms with Gasteiger partial charge in [-0.25, -0.2) is 0 Å². The number of anilines is 1. The van der Waals surface area contributed by atoms with Crippen LogP contribution in [0.4, 0.5) is 5.69 Å². The zero-order valence-corrected chi connectivity index (χ0v) is 11.9. The first kappa shape index (κ1) is 15.5. The second-order valence-corrected chi connectivity index (χ2v) is 4.46. The number of benzene rings is 1. The molecule has 1 aromatic rings. The predicted octanol–water partition coefficient (Wildman–Crippen LogP) is 2.66. The minimum Gasteiger partial charge on any atom is -0.385 e. The van der Waals surface area contributed by atoms with E-state index in [4.69, 9.17) is 4.74 Å². The fourth-order valence-corrected chi connectivity index (χ4v) is 1.68. The molecule has 0 aliphatic carbocycles. The highest BCUT2D eigenvalue weighted by atomic mass is 16.5. The van der Waals surface area contributed by atoms with Crippen molar-refractivity contribution in [1.29, 1.82) is 0 Å². The van der Waals surface area contributed by atoms with Crippen molar-refractivity contribution in [1.82, 2.24) is 5.32 Å². The van der Waals surface area contributed by atoms with Crippen LogP contribution in [0.25, 0.3) is 0 Å². The summed E-state index contributed by atoms with van der Waals surface area (Å²) < 4.78 is 4.96. The van der Waals surface area contributed by atoms with E-state index in [9.17, 15) is 4.79 Å². The van der Waals surface area contributed by atoms with E-state index in [0.29, 0.717) is 12.1 Å². The molecule has 106 valence electrons. The molecule has 1 aromatic carbocycles. The van der Waals surface area contributed by atoms with Gasteiger partial charge >= 0.3 is 0 Å². The standard InChI is InChI=1S/C15H24N2O2/c1-3-10-16-14-8-6-13(7-9-14)15(18)17-11-4-5-12-19-2/h6-9,16H,3-5,10-12H2,1-2H3,(H,17,18). The lowest BCUT2D eigenvalue weighted by Crippen LogP contribution is -2.24. The van der Waals surface area contributed by atoms with E-state index in [1.54, 1.807) is 7.11 Å². The molecule has 4 heteroatoms. The largest absolute Gasteiger partial charge is 0.385 e. The molecule has 0 radical (unpaired) electrons. The first-order valence-electron chi connectivity index (χ1n) is 6.89. The summed E-state index contributed by atoms with van der Waals surface area (Å²) in [5.41, 5.74) is 1.76. The van der Waals surface area contributed by atoms with Crippen LogP contribution in [0.15, 0.2) is 24.3 Å². The van der Waals surface area contributed by atoms with Crippen LogP contribution in [-0.4, -0.2) is 32.7 Å². The Bertz CT molecular complexity index is 363. The van der Waals surface area contributed by atoms with Crippen LogP contribution >= 0.6 is 0 Å². The summed E-state index contributed by atoms with van der Waals surface area (Å²) in [6.45, 7) is 4.51. The maximum Gasteiger partial charge on any atom is 0.251 e. The molecule has 0 aliphatic heterocycles. The minimum atomic E-state index is -0.0144. The van der Waals surface area contributed by atoms with Crippen molar-refractivity contribution in [2.24, 2.45) is 0 Å². The van der Waals surface area contributed by atoms with Crippen molar-refractivity contribution in [2.75, 3.05) is 32.1 Å². The first-order chi connectivity index (χ1) is 9.27. The number of hydrogen-bond acceptors (Lipinski definition) is 3. The zero-order chi connectivity index (χ0) is 13.9. The second-order valence-electron chi connectivity index (χ2n) is 4.46. The van der Waals surface area contributed by atoms with E-state index >= 15 is 0 Å². The van der Waals surface area contributed by atoms with Gasteiger partial charge in [0.05, 0.1) is 0 Å². The van der Waals surface area contributed by atoms with Crippen LogP contribution in [0.2, 0.25) is 0 Å². The molecule has 4 nitrogen and oxygen atoms in total. The molecule has 19 heavy (non-hydrogen) atoms. The van der Waals surface area contributed by atoms with Crippen LogP contribution in [0.3, 0.4) is 0 Å². The van der Waals surface area contributed by atoms with Crippen molar-refractivity contribution in [3.05, 3.63) is 29.8 Å². The highest BCUT2D eigenvalue weighted by Crippen LogP contribution is 2.09. The molecule has 2 N–H and O–H groups in total. The van der Waals surface area contributed by atoms with Crippen molar-refractivity contribution in [3.63, 3.8) is 0 Å². The molecular weight excluding hydrogens is 240 g/mol. The highest BCUT2D eigenvalue weighted by molar-refractivity contribution is 5.94. The Morgan fingerprint density at radius 2 is 1.89 bits per heavy atom. The molecule has 0 unspecified atom stereocenters. The van der Waals surface area contributed by atoms with Gasteiger partial charge in [-0.2, -0.15) is 0 Å². The fraction of sp³-hybridized carbons (Fsp3) is 0.533. The lowest BCUT2D eigenvalue weighted by Gasteiger charge is -2.07. The molecule has 0 atom stereocenters. The lowest BCUT2D eigenvalue weighted by atomic mass is 10.2. The van der Waals surface area contributed by atoms with Gasteiger partial charge in [0, 0.05) is 38.1 Å². The number of carbonyl (C=O) groups excluding carboxylic acids is 1. The van der Waals surface area contributed by atoms with Crippen LogP contribution < -0.4 is 10.6 Å². The predicted molar refractivity (Wildman–Crippen MR) is 78.7 cm³/mol. The molecule has 0 bridgehead atoms. The molecule has 0 heterocycles. The molecule has 0 saturated carbocycles. The van der Waals surface area contributed by atoms with Gasteiger partial charge in [0.25, 0.3) is 5.91 Å². The number of ether oxygens (including phenoxy) is 1. The summed E-state index contributed by atoms with van der Waals surface area (Å²) in [7, 11) is 1.69. The van der Waals surface area contributed by atoms with Gasteiger partial charge in [0.15, 0.2) is 0 Å². The van der Waals surface area contributed by atoms with Crippen LogP contribution in [-0.2, 0) is 4.74 Å². The van der Waals surface area contributed by atoms with Gasteiger partial charge in [0.1, 0.15) is 0 Å². The number of nitrogens with one attached hydrogen (secondary N) is 2. The molecule has 0 saturated heterocycles. The Balaban J connectivity index is 2.32. The molecule has 1 rings (SSSR count). The van der Waals surface area contributed by atoms with Gasteiger partial charge in [-0.05, 0) is 43.5 Å². The molecular formula is C15H24N2O2. The van der Waals surface area contributed by atoms with E-state index in [-0.39, 0.29) is 5.91 Å². The quantitative estimate of drug-likeness (QED) is 0.674. The summed E-state index contributed by atoms with van der Waals surface area (Å²) in [6.07, 6.45) is 3.00. The van der Waals surface area contributed by atoms with Crippen LogP contribution in [0.5, 0.6) is 0 Å².